The lowest BCUT2D eigenvalue weighted by molar-refractivity contribution is 0.111. The van der Waals surface area contributed by atoms with Crippen LogP contribution in [0, 0.1) is 0 Å². The van der Waals surface area contributed by atoms with Crippen molar-refractivity contribution in [1.29, 1.82) is 0 Å². The molecule has 0 amide bonds. The highest BCUT2D eigenvalue weighted by Gasteiger charge is 2.36. The molecule has 0 aliphatic carbocycles. The summed E-state index contributed by atoms with van der Waals surface area (Å²) < 4.78 is 6.17. The molecule has 1 N–H and O–H groups in total. The smallest absolute Gasteiger partial charge is 0.192 e. The average molecular weight is 473 g/mol. The number of likely N-dealkylation sites (N-methyl/N-ethyl adjacent to an activating group) is 2. The molecule has 2 aromatic rings. The third kappa shape index (κ3) is 9.49. The first-order valence-corrected chi connectivity index (χ1v) is 14.1. The second-order valence-electron chi connectivity index (χ2n) is 9.59. The van der Waals surface area contributed by atoms with Gasteiger partial charge in [-0.3, -0.25) is 9.59 Å². The van der Waals surface area contributed by atoms with Crippen LogP contribution >= 0.6 is 0 Å². The minimum Gasteiger partial charge on any atom is -0.415 e. The summed E-state index contributed by atoms with van der Waals surface area (Å²) in [6.45, 7) is 13.6. The van der Waals surface area contributed by atoms with Crippen molar-refractivity contribution in [3.05, 3.63) is 59.7 Å². The molecule has 7 heteroatoms. The van der Waals surface area contributed by atoms with E-state index in [0.717, 1.165) is 37.1 Å². The number of hydrogen-bond donors (Lipinski definition) is 1. The predicted octanol–water partition coefficient (Wildman–Crippen LogP) is 4.88. The van der Waals surface area contributed by atoms with Crippen LogP contribution in [0.2, 0.25) is 18.1 Å². The highest BCUT2D eigenvalue weighted by atomic mass is 28.4. The van der Waals surface area contributed by atoms with Gasteiger partial charge in [-0.05, 0) is 66.7 Å². The molecule has 0 unspecified atom stereocenters. The van der Waals surface area contributed by atoms with Gasteiger partial charge in [-0.25, -0.2) is 0 Å². The van der Waals surface area contributed by atoms with Crippen molar-refractivity contribution in [1.82, 2.24) is 0 Å². The molecule has 0 radical (unpaired) electrons. The fourth-order valence-electron chi connectivity index (χ4n) is 2.68. The van der Waals surface area contributed by atoms with Crippen LogP contribution in [0.15, 0.2) is 48.5 Å². The van der Waals surface area contributed by atoms with Crippen LogP contribution in [0.1, 0.15) is 41.5 Å². The lowest BCUT2D eigenvalue weighted by atomic mass is 10.2. The Bertz CT molecular complexity index is 846. The molecule has 0 aliphatic rings. The Balaban J connectivity index is 0.000000361. The van der Waals surface area contributed by atoms with Crippen molar-refractivity contribution >= 4 is 32.3 Å². The summed E-state index contributed by atoms with van der Waals surface area (Å²) in [5.74, 6) is 0. The minimum atomic E-state index is -1.66. The number of nitrogens with zero attached hydrogens (tertiary/aromatic N) is 2. The Kier molecular flexibility index (Phi) is 11.5. The van der Waals surface area contributed by atoms with E-state index in [1.165, 1.54) is 0 Å². The largest absolute Gasteiger partial charge is 0.415 e. The number of hydrogen-bond acceptors (Lipinski definition) is 6. The number of aliphatic hydroxyl groups excluding tert-OH is 1. The van der Waals surface area contributed by atoms with Crippen molar-refractivity contribution in [2.45, 2.75) is 38.9 Å². The van der Waals surface area contributed by atoms with Gasteiger partial charge in [0.1, 0.15) is 12.6 Å². The molecule has 33 heavy (non-hydrogen) atoms. The van der Waals surface area contributed by atoms with E-state index in [1.807, 2.05) is 55.4 Å². The van der Waals surface area contributed by atoms with E-state index in [9.17, 15) is 9.59 Å². The van der Waals surface area contributed by atoms with Gasteiger partial charge in [0.05, 0.1) is 13.2 Å². The zero-order valence-corrected chi connectivity index (χ0v) is 22.2. The lowest BCUT2D eigenvalue weighted by Crippen LogP contribution is -2.42. The summed E-state index contributed by atoms with van der Waals surface area (Å²) in [5, 5.41) is 8.95. The van der Waals surface area contributed by atoms with Gasteiger partial charge in [-0.1, -0.05) is 20.8 Å². The summed E-state index contributed by atoms with van der Waals surface area (Å²) in [7, 11) is 2.28. The molecule has 0 saturated carbocycles. The molecule has 0 fully saturated rings. The van der Waals surface area contributed by atoms with Crippen LogP contribution in [0.5, 0.6) is 0 Å². The SMILES string of the molecule is CN(CCO)c1ccc(C=O)cc1.CN(CCO[Si](C)(C)C(C)(C)C)c1ccc(C=O)cc1. The molecular formula is C26H40N2O4Si. The van der Waals surface area contributed by atoms with E-state index in [0.29, 0.717) is 17.7 Å². The summed E-state index contributed by atoms with van der Waals surface area (Å²) in [4.78, 5) is 25.1. The fourth-order valence-corrected chi connectivity index (χ4v) is 3.71. The van der Waals surface area contributed by atoms with E-state index in [2.05, 4.69) is 38.8 Å². The van der Waals surface area contributed by atoms with Crippen molar-refractivity contribution in [3.8, 4) is 0 Å². The van der Waals surface area contributed by atoms with Crippen LogP contribution in [0.25, 0.3) is 0 Å². The van der Waals surface area contributed by atoms with Gasteiger partial charge in [0.25, 0.3) is 0 Å². The van der Waals surface area contributed by atoms with Crippen LogP contribution in [-0.2, 0) is 4.43 Å². The molecule has 0 heterocycles. The zero-order valence-electron chi connectivity index (χ0n) is 21.2. The maximum absolute atomic E-state index is 10.6. The quantitative estimate of drug-likeness (QED) is 0.392. The lowest BCUT2D eigenvalue weighted by Gasteiger charge is -2.36. The number of carbonyl (C=O) groups excluding carboxylic acids is 2. The Hall–Kier alpha value is -2.48. The Morgan fingerprint density at radius 2 is 1.21 bits per heavy atom. The number of aldehydes is 2. The molecule has 0 atom stereocenters. The summed E-state index contributed by atoms with van der Waals surface area (Å²) >= 11 is 0. The first-order valence-electron chi connectivity index (χ1n) is 11.2. The molecule has 6 nitrogen and oxygen atoms in total. The van der Waals surface area contributed by atoms with Gasteiger partial charge in [0.2, 0.25) is 0 Å². The predicted molar refractivity (Wildman–Crippen MR) is 140 cm³/mol. The van der Waals surface area contributed by atoms with E-state index in [-0.39, 0.29) is 11.6 Å². The average Bonchev–Trinajstić information content (AvgIpc) is 2.79. The Labute approximate surface area is 200 Å². The van der Waals surface area contributed by atoms with Gasteiger partial charge in [-0.2, -0.15) is 0 Å². The second-order valence-corrected chi connectivity index (χ2v) is 14.4. The molecule has 0 aliphatic heterocycles. The highest BCUT2D eigenvalue weighted by molar-refractivity contribution is 6.74. The monoisotopic (exact) mass is 472 g/mol. The topological polar surface area (TPSA) is 70.1 Å². The zero-order chi connectivity index (χ0) is 25.1. The molecule has 2 rings (SSSR count). The third-order valence-electron chi connectivity index (χ3n) is 6.07. The van der Waals surface area contributed by atoms with Crippen molar-refractivity contribution in [3.63, 3.8) is 0 Å². The molecule has 0 spiro atoms. The van der Waals surface area contributed by atoms with Crippen LogP contribution < -0.4 is 9.80 Å². The molecule has 182 valence electrons. The van der Waals surface area contributed by atoms with Crippen molar-refractivity contribution in [2.75, 3.05) is 50.2 Å². The maximum atomic E-state index is 10.6. The first-order chi connectivity index (χ1) is 15.4. The Morgan fingerprint density at radius 1 is 0.818 bits per heavy atom. The number of aliphatic hydroxyl groups is 1. The standard InChI is InChI=1S/C16H27NO2Si.C10H13NO2/c1-16(2,3)20(5,6)19-12-11-17(4)15-9-7-14(13-18)8-10-15;1-11(6-7-12)10-4-2-9(8-13)3-5-10/h7-10,13H,11-12H2,1-6H3;2-5,8,12H,6-7H2,1H3. The van der Waals surface area contributed by atoms with Crippen molar-refractivity contribution < 1.29 is 19.1 Å². The Morgan fingerprint density at radius 3 is 1.55 bits per heavy atom. The minimum absolute atomic E-state index is 0.131. The number of carbonyl (C=O) groups is 2. The van der Waals surface area contributed by atoms with Crippen LogP contribution in [0.3, 0.4) is 0 Å². The van der Waals surface area contributed by atoms with Gasteiger partial charge in [0, 0.05) is 49.7 Å². The number of benzene rings is 2. The maximum Gasteiger partial charge on any atom is 0.192 e. The van der Waals surface area contributed by atoms with Gasteiger partial charge >= 0.3 is 0 Å². The van der Waals surface area contributed by atoms with E-state index >= 15 is 0 Å². The fraction of sp³-hybridized carbons (Fsp3) is 0.462. The number of rotatable bonds is 10. The molecular weight excluding hydrogens is 432 g/mol. The summed E-state index contributed by atoms with van der Waals surface area (Å²) in [5.41, 5.74) is 3.48. The molecule has 2 aromatic carbocycles. The molecule has 0 saturated heterocycles. The highest BCUT2D eigenvalue weighted by Crippen LogP contribution is 2.36. The van der Waals surface area contributed by atoms with Gasteiger partial charge in [-0.15, -0.1) is 0 Å². The second kappa shape index (κ2) is 13.3. The van der Waals surface area contributed by atoms with E-state index < -0.39 is 8.32 Å². The number of anilines is 2. The third-order valence-corrected chi connectivity index (χ3v) is 10.6. The molecule has 0 bridgehead atoms. The van der Waals surface area contributed by atoms with Crippen LogP contribution in [0.4, 0.5) is 11.4 Å². The van der Waals surface area contributed by atoms with Crippen molar-refractivity contribution in [2.24, 2.45) is 0 Å². The molecule has 0 aromatic heterocycles. The van der Waals surface area contributed by atoms with Crippen LogP contribution in [-0.4, -0.2) is 66.4 Å². The van der Waals surface area contributed by atoms with E-state index in [4.69, 9.17) is 9.53 Å². The first kappa shape index (κ1) is 28.5. The summed E-state index contributed by atoms with van der Waals surface area (Å²) in [6.07, 6.45) is 1.68. The normalized spacial score (nSPS) is 11.3. The summed E-state index contributed by atoms with van der Waals surface area (Å²) in [6, 6.07) is 14.9. The van der Waals surface area contributed by atoms with E-state index in [1.54, 1.807) is 12.1 Å². The van der Waals surface area contributed by atoms with Gasteiger partial charge < -0.3 is 19.3 Å². The van der Waals surface area contributed by atoms with Gasteiger partial charge in [0.15, 0.2) is 8.32 Å².